The van der Waals surface area contributed by atoms with E-state index in [1.54, 1.807) is 24.3 Å². The molecule has 6 nitrogen and oxygen atoms in total. The molecule has 0 aliphatic carbocycles. The van der Waals surface area contributed by atoms with Gasteiger partial charge in [-0.15, -0.1) is 0 Å². The monoisotopic (exact) mass is 466 g/mol. The maximum absolute atomic E-state index is 9.06. The van der Waals surface area contributed by atoms with Crippen LogP contribution in [0.4, 0.5) is 0 Å². The maximum Gasteiger partial charge on any atom is 0.116 e. The van der Waals surface area contributed by atoms with Crippen LogP contribution in [0.2, 0.25) is 10.0 Å². The van der Waals surface area contributed by atoms with Crippen LogP contribution in [-0.4, -0.2) is 76.2 Å². The van der Waals surface area contributed by atoms with Crippen LogP contribution < -0.4 is 0 Å². The Morgan fingerprint density at radius 2 is 0.806 bits per heavy atom. The molecular weight excluding hydrogens is 435 g/mol. The predicted octanol–water partition coefficient (Wildman–Crippen LogP) is 4.35. The van der Waals surface area contributed by atoms with E-state index in [2.05, 4.69) is 19.6 Å². The highest BCUT2D eigenvalue weighted by Crippen LogP contribution is 2.25. The van der Waals surface area contributed by atoms with Gasteiger partial charge in [-0.25, -0.2) is 0 Å². The number of hydrogen-bond acceptors (Lipinski definition) is 6. The van der Waals surface area contributed by atoms with E-state index in [0.717, 1.165) is 32.3 Å². The summed E-state index contributed by atoms with van der Waals surface area (Å²) in [5.41, 5.74) is 3.66. The third kappa shape index (κ3) is 6.48. The second kappa shape index (κ2) is 10.4. The van der Waals surface area contributed by atoms with Crippen LogP contribution in [0.1, 0.15) is 22.3 Å². The molecule has 4 aliphatic heterocycles. The minimum Gasteiger partial charge on any atom is -0.508 e. The zero-order chi connectivity index (χ0) is 22.7. The lowest BCUT2D eigenvalue weighted by Crippen LogP contribution is -2.60. The predicted molar refractivity (Wildman–Crippen MR) is 127 cm³/mol. The molecule has 2 aromatic carbocycles. The minimum absolute atomic E-state index is 0.277. The number of fused-ring (bicyclic) bond motifs is 1. The van der Waals surface area contributed by atoms with Gasteiger partial charge in [-0.05, 0) is 74.2 Å². The largest absolute Gasteiger partial charge is 0.508 e. The minimum atomic E-state index is 0.277. The van der Waals surface area contributed by atoms with E-state index in [-0.39, 0.29) is 11.5 Å². The maximum atomic E-state index is 9.06. The molecule has 2 aromatic rings. The molecule has 31 heavy (non-hydrogen) atoms. The number of rotatable bonds is 0. The topological polar surface area (TPSA) is 53.4 Å². The van der Waals surface area contributed by atoms with Gasteiger partial charge in [0.25, 0.3) is 0 Å². The number of phenols is 2. The fourth-order valence-corrected chi connectivity index (χ4v) is 4.40. The zero-order valence-corrected chi connectivity index (χ0v) is 20.2. The van der Waals surface area contributed by atoms with Crippen molar-refractivity contribution in [3.8, 4) is 11.5 Å². The molecule has 2 N–H and O–H groups in total. The average Bonchev–Trinajstić information content (AvgIpc) is 2.91. The Bertz CT molecular complexity index is 789. The quantitative estimate of drug-likeness (QED) is 0.601. The van der Waals surface area contributed by atoms with Gasteiger partial charge in [0.2, 0.25) is 0 Å². The van der Waals surface area contributed by atoms with Crippen LogP contribution >= 0.6 is 23.2 Å². The van der Waals surface area contributed by atoms with Gasteiger partial charge in [0.05, 0.1) is 33.3 Å². The number of aromatic hydroxyl groups is 2. The average molecular weight is 467 g/mol. The molecular formula is C23H32Cl2N4O2. The van der Waals surface area contributed by atoms with Crippen LogP contribution in [0.3, 0.4) is 0 Å². The van der Waals surface area contributed by atoms with Crippen molar-refractivity contribution < 1.29 is 10.2 Å². The fourth-order valence-electron chi connectivity index (χ4n) is 4.18. The molecule has 8 heteroatoms. The van der Waals surface area contributed by atoms with Gasteiger partial charge >= 0.3 is 0 Å². The van der Waals surface area contributed by atoms with E-state index >= 15 is 0 Å². The van der Waals surface area contributed by atoms with E-state index in [1.165, 1.54) is 46.4 Å². The van der Waals surface area contributed by atoms with Gasteiger partial charge in [-0.2, -0.15) is 0 Å². The van der Waals surface area contributed by atoms with E-state index in [9.17, 15) is 0 Å². The van der Waals surface area contributed by atoms with E-state index in [0.29, 0.717) is 0 Å². The molecule has 0 amide bonds. The summed E-state index contributed by atoms with van der Waals surface area (Å²) in [6, 6.07) is 6.59. The first-order chi connectivity index (χ1) is 14.6. The number of nitrogens with zero attached hydrogens (tertiary/aromatic N) is 4. The van der Waals surface area contributed by atoms with Crippen molar-refractivity contribution in [2.75, 3.05) is 46.4 Å². The summed E-state index contributed by atoms with van der Waals surface area (Å²) in [4.78, 5) is 10.0. The van der Waals surface area contributed by atoms with Crippen molar-refractivity contribution in [2.45, 2.75) is 27.7 Å². The Morgan fingerprint density at radius 1 is 0.548 bits per heavy atom. The molecule has 0 saturated carbocycles. The summed E-state index contributed by atoms with van der Waals surface area (Å²) in [6.07, 6.45) is 0. The van der Waals surface area contributed by atoms with Crippen molar-refractivity contribution in [3.63, 3.8) is 0 Å². The van der Waals surface area contributed by atoms with Crippen molar-refractivity contribution >= 4 is 23.2 Å². The highest BCUT2D eigenvalue weighted by atomic mass is 35.5. The Labute approximate surface area is 195 Å². The third-order valence-electron chi connectivity index (χ3n) is 5.57. The smallest absolute Gasteiger partial charge is 0.116 e. The van der Waals surface area contributed by atoms with Crippen molar-refractivity contribution in [1.29, 1.82) is 0 Å². The number of hydrogen-bond donors (Lipinski definition) is 2. The Morgan fingerprint density at radius 3 is 1.10 bits per heavy atom. The summed E-state index contributed by atoms with van der Waals surface area (Å²) in [6.45, 7) is 15.9. The lowest BCUT2D eigenvalue weighted by atomic mass is 10.1. The molecule has 0 spiro atoms. The van der Waals surface area contributed by atoms with Crippen molar-refractivity contribution in [2.24, 2.45) is 0 Å². The highest BCUT2D eigenvalue weighted by molar-refractivity contribution is 6.32. The highest BCUT2D eigenvalue weighted by Gasteiger charge is 2.33. The molecule has 4 saturated heterocycles. The van der Waals surface area contributed by atoms with E-state index in [4.69, 9.17) is 33.4 Å². The summed E-state index contributed by atoms with van der Waals surface area (Å²) in [5, 5.41) is 19.6. The summed E-state index contributed by atoms with van der Waals surface area (Å²) in [7, 11) is 0. The number of aryl methyl sites for hydroxylation is 4. The van der Waals surface area contributed by atoms with Gasteiger partial charge in [0.1, 0.15) is 11.5 Å². The van der Waals surface area contributed by atoms with Gasteiger partial charge in [0.15, 0.2) is 0 Å². The molecule has 0 atom stereocenters. The molecule has 4 bridgehead atoms. The summed E-state index contributed by atoms with van der Waals surface area (Å²) >= 11 is 11.7. The second-order valence-corrected chi connectivity index (χ2v) is 9.38. The first-order valence-electron chi connectivity index (χ1n) is 10.4. The first kappa shape index (κ1) is 24.1. The van der Waals surface area contributed by atoms with Crippen LogP contribution in [0, 0.1) is 27.7 Å². The molecule has 0 aromatic heterocycles. The van der Waals surface area contributed by atoms with Gasteiger partial charge in [-0.3, -0.25) is 19.6 Å². The zero-order valence-electron chi connectivity index (χ0n) is 18.7. The Kier molecular flexibility index (Phi) is 8.08. The summed E-state index contributed by atoms with van der Waals surface area (Å²) < 4.78 is 0. The van der Waals surface area contributed by atoms with Crippen molar-refractivity contribution in [1.82, 2.24) is 19.6 Å². The fraction of sp³-hybridized carbons (Fsp3) is 0.478. The molecule has 0 radical (unpaired) electrons. The number of benzene rings is 2. The van der Waals surface area contributed by atoms with Gasteiger partial charge in [-0.1, -0.05) is 23.2 Å². The van der Waals surface area contributed by atoms with Crippen LogP contribution in [-0.2, 0) is 0 Å². The lowest BCUT2D eigenvalue weighted by molar-refractivity contribution is -0.0851. The Balaban J connectivity index is 0.000000132. The lowest BCUT2D eigenvalue weighted by Gasteiger charge is -2.45. The number of halogens is 2. The van der Waals surface area contributed by atoms with E-state index < -0.39 is 0 Å². The molecule has 170 valence electrons. The molecule has 6 rings (SSSR count). The van der Waals surface area contributed by atoms with Gasteiger partial charge < -0.3 is 10.2 Å². The Hall–Kier alpha value is -1.54. The first-order valence-corrected chi connectivity index (χ1v) is 11.2. The third-order valence-corrected chi connectivity index (χ3v) is 6.77. The standard InChI is InChI=1S/2C8H9ClO.C7H14N4/c2*1-5-3-7(10)4-6(2)8(5)9;1-2-9-5-10-3-8(1)4-11(6-9)7-10/h2*3-4,10H,1-2H3;1-7H2. The van der Waals surface area contributed by atoms with Crippen LogP contribution in [0.5, 0.6) is 11.5 Å². The summed E-state index contributed by atoms with van der Waals surface area (Å²) in [5.74, 6) is 0.554. The van der Waals surface area contributed by atoms with Gasteiger partial charge in [0, 0.05) is 23.1 Å². The molecule has 4 aliphatic rings. The SMILES string of the molecule is C1CN2CN3CN1CN(C2)C3.Cc1cc(O)cc(C)c1Cl.Cc1cc(O)cc(C)c1Cl. The number of phenolic OH excluding ortho intramolecular Hbond substituents is 2. The van der Waals surface area contributed by atoms with Crippen molar-refractivity contribution in [3.05, 3.63) is 56.6 Å². The van der Waals surface area contributed by atoms with Crippen LogP contribution in [0.25, 0.3) is 0 Å². The van der Waals surface area contributed by atoms with E-state index in [1.807, 2.05) is 27.7 Å². The molecule has 0 unspecified atom stereocenters. The molecule has 4 heterocycles. The molecule has 4 fully saturated rings. The second-order valence-electron chi connectivity index (χ2n) is 8.62. The normalized spacial score (nSPS) is 25.7. The van der Waals surface area contributed by atoms with Crippen LogP contribution in [0.15, 0.2) is 24.3 Å².